The summed E-state index contributed by atoms with van der Waals surface area (Å²) in [6.07, 6.45) is 10.8. The summed E-state index contributed by atoms with van der Waals surface area (Å²) in [6.45, 7) is 0. The topological polar surface area (TPSA) is 158 Å². The zero-order valence-corrected chi connectivity index (χ0v) is 43.8. The van der Waals surface area contributed by atoms with Gasteiger partial charge in [0.25, 0.3) is 0 Å². The summed E-state index contributed by atoms with van der Waals surface area (Å²) in [4.78, 5) is 0.277. The van der Waals surface area contributed by atoms with Gasteiger partial charge in [-0.05, 0) is 218 Å². The van der Waals surface area contributed by atoms with Crippen LogP contribution in [0.5, 0.6) is 69.0 Å². The number of terminal acetylenes is 2. The summed E-state index contributed by atoms with van der Waals surface area (Å²) in [6, 6.07) is 63.7. The van der Waals surface area contributed by atoms with Crippen LogP contribution >= 0.6 is 0 Å². The lowest BCUT2D eigenvalue weighted by Crippen LogP contribution is -2.04. The molecule has 0 atom stereocenters. The Morgan fingerprint density at radius 3 is 0.823 bits per heavy atom. The van der Waals surface area contributed by atoms with Gasteiger partial charge in [-0.3, -0.25) is 0 Å². The molecule has 0 amide bonds. The first kappa shape index (κ1) is 52.4. The van der Waals surface area contributed by atoms with Crippen LogP contribution < -0.4 is 28.4 Å². The normalized spacial score (nSPS) is 11.3. The second kappa shape index (κ2) is 22.7. The standard InChI is InChI=1S/C64H42O12S3/c1-3-45-12-16-47(17-13-45)71-50-24-34-58(35-25-50)77(65,66)60-38-28-52(29-39-60)73-49-20-22-55(23-21-49)76-63-10-5-6-11-64(63)79(69,70)62-42-32-54(33-43-62)75-57-9-7-8-56(44-57)74-53-30-40-61(41-31-53)78(67,68)59-36-26-51(27-37-59)72-48-18-14-46(4-2)15-19-48/h1-2,5-44H. The van der Waals surface area contributed by atoms with Gasteiger partial charge in [-0.15, -0.1) is 12.8 Å². The van der Waals surface area contributed by atoms with Crippen molar-refractivity contribution >= 4 is 29.5 Å². The maximum absolute atomic E-state index is 14.0. The van der Waals surface area contributed by atoms with Crippen LogP contribution in [0, 0.1) is 24.7 Å². The van der Waals surface area contributed by atoms with Gasteiger partial charge in [-0.2, -0.15) is 0 Å². The molecule has 0 aliphatic heterocycles. The first-order chi connectivity index (χ1) is 38.2. The molecule has 12 nitrogen and oxygen atoms in total. The highest BCUT2D eigenvalue weighted by atomic mass is 32.2. The van der Waals surface area contributed by atoms with E-state index in [1.807, 2.05) is 0 Å². The van der Waals surface area contributed by atoms with Crippen molar-refractivity contribution in [3.63, 3.8) is 0 Å². The average Bonchev–Trinajstić information content (AvgIpc) is 3.50. The number of rotatable bonds is 18. The molecule has 0 aliphatic rings. The van der Waals surface area contributed by atoms with E-state index >= 15 is 0 Å². The molecule has 0 bridgehead atoms. The smallest absolute Gasteiger partial charge is 0.210 e. The fourth-order valence-electron chi connectivity index (χ4n) is 7.81. The minimum atomic E-state index is -4.09. The first-order valence-corrected chi connectivity index (χ1v) is 28.4. The molecule has 0 radical (unpaired) electrons. The summed E-state index contributed by atoms with van der Waals surface area (Å²) in [5.41, 5.74) is 1.43. The summed E-state index contributed by atoms with van der Waals surface area (Å²) in [7, 11) is -11.8. The van der Waals surface area contributed by atoms with Crippen LogP contribution in [0.2, 0.25) is 0 Å². The van der Waals surface area contributed by atoms with Gasteiger partial charge in [0.1, 0.15) is 73.9 Å². The number of sulfone groups is 3. The van der Waals surface area contributed by atoms with Gasteiger partial charge in [0.15, 0.2) is 0 Å². The molecule has 0 spiro atoms. The zero-order chi connectivity index (χ0) is 55.0. The van der Waals surface area contributed by atoms with E-state index in [1.165, 1.54) is 78.9 Å². The van der Waals surface area contributed by atoms with Crippen molar-refractivity contribution in [2.45, 2.75) is 29.4 Å². The quantitative estimate of drug-likeness (QED) is 0.0750. The van der Waals surface area contributed by atoms with E-state index in [0.717, 1.165) is 0 Å². The number of hydrogen-bond acceptors (Lipinski definition) is 12. The van der Waals surface area contributed by atoms with E-state index in [9.17, 15) is 25.3 Å². The van der Waals surface area contributed by atoms with Gasteiger partial charge in [-0.1, -0.05) is 30.0 Å². The Labute approximate surface area is 457 Å². The highest BCUT2D eigenvalue weighted by molar-refractivity contribution is 7.92. The minimum absolute atomic E-state index is 0.00184. The van der Waals surface area contributed by atoms with Crippen molar-refractivity contribution in [3.8, 4) is 93.7 Å². The maximum atomic E-state index is 14.0. The number of hydrogen-bond donors (Lipinski definition) is 0. The van der Waals surface area contributed by atoms with E-state index < -0.39 is 29.5 Å². The fraction of sp³-hybridized carbons (Fsp3) is 0. The van der Waals surface area contributed by atoms with Crippen LogP contribution in [0.25, 0.3) is 0 Å². The second-order valence-corrected chi connectivity index (χ2v) is 23.0. The largest absolute Gasteiger partial charge is 0.457 e. The summed E-state index contributed by atoms with van der Waals surface area (Å²) in [5.74, 6) is 9.93. The second-order valence-electron chi connectivity index (χ2n) is 17.2. The fourth-order valence-corrected chi connectivity index (χ4v) is 11.7. The van der Waals surface area contributed by atoms with Gasteiger partial charge in [-0.25, -0.2) is 25.3 Å². The summed E-state index contributed by atoms with van der Waals surface area (Å²) < 4.78 is 118. The molecule has 10 rings (SSSR count). The predicted octanol–water partition coefficient (Wildman–Crippen LogP) is 14.9. The Kier molecular flexibility index (Phi) is 15.0. The predicted molar refractivity (Wildman–Crippen MR) is 297 cm³/mol. The Hall–Kier alpha value is -10.0. The number of para-hydroxylation sites is 1. The molecule has 0 N–H and O–H groups in total. The molecule has 388 valence electrons. The molecule has 0 aromatic heterocycles. The lowest BCUT2D eigenvalue weighted by atomic mass is 10.2. The van der Waals surface area contributed by atoms with Crippen molar-refractivity contribution in [3.05, 3.63) is 254 Å². The van der Waals surface area contributed by atoms with Crippen molar-refractivity contribution in [1.29, 1.82) is 0 Å². The van der Waals surface area contributed by atoms with Gasteiger partial charge in [0.2, 0.25) is 29.5 Å². The van der Waals surface area contributed by atoms with E-state index in [4.69, 9.17) is 41.3 Å². The molecule has 0 fully saturated rings. The number of benzene rings is 10. The van der Waals surface area contributed by atoms with Gasteiger partial charge in [0.05, 0.1) is 24.5 Å². The third-order valence-electron chi connectivity index (χ3n) is 11.9. The van der Waals surface area contributed by atoms with Crippen LogP contribution in [-0.4, -0.2) is 25.3 Å². The SMILES string of the molecule is C#Cc1ccc(Oc2ccc(S(=O)(=O)c3ccc(Oc4ccc(Oc5ccccc5S(=O)(=O)c5ccc(Oc6cccc(Oc7ccc(S(=O)(=O)c8ccc(Oc9ccc(C#C)cc9)cc8)cc7)c6)cc5)cc4)cc3)cc2)cc1. The third-order valence-corrected chi connectivity index (χ3v) is 17.3. The molecule has 79 heavy (non-hydrogen) atoms. The molecule has 0 unspecified atom stereocenters. The average molecular weight is 1100 g/mol. The molecule has 0 saturated heterocycles. The molecular formula is C64H42O12S3. The Morgan fingerprint density at radius 2 is 0.506 bits per heavy atom. The molecule has 0 aliphatic carbocycles. The van der Waals surface area contributed by atoms with Crippen LogP contribution in [0.3, 0.4) is 0 Å². The molecular weight excluding hydrogens is 1060 g/mol. The molecule has 10 aromatic rings. The van der Waals surface area contributed by atoms with Gasteiger partial charge < -0.3 is 28.4 Å². The summed E-state index contributed by atoms with van der Waals surface area (Å²) in [5, 5.41) is 0. The first-order valence-electron chi connectivity index (χ1n) is 24.0. The van der Waals surface area contributed by atoms with E-state index in [2.05, 4.69) is 11.8 Å². The number of ether oxygens (including phenoxy) is 6. The lowest BCUT2D eigenvalue weighted by Gasteiger charge is -2.13. The highest BCUT2D eigenvalue weighted by Crippen LogP contribution is 2.37. The maximum Gasteiger partial charge on any atom is 0.210 e. The van der Waals surface area contributed by atoms with Crippen molar-refractivity contribution < 1.29 is 53.7 Å². The Morgan fingerprint density at radius 1 is 0.253 bits per heavy atom. The molecule has 15 heteroatoms. The van der Waals surface area contributed by atoms with E-state index in [-0.39, 0.29) is 35.1 Å². The van der Waals surface area contributed by atoms with Crippen molar-refractivity contribution in [1.82, 2.24) is 0 Å². The van der Waals surface area contributed by atoms with Crippen LogP contribution in [0.1, 0.15) is 11.1 Å². The van der Waals surface area contributed by atoms with Crippen molar-refractivity contribution in [2.24, 2.45) is 0 Å². The summed E-state index contributed by atoms with van der Waals surface area (Å²) >= 11 is 0. The van der Waals surface area contributed by atoms with Gasteiger partial charge >= 0.3 is 0 Å². The molecule has 10 aromatic carbocycles. The van der Waals surface area contributed by atoms with E-state index in [0.29, 0.717) is 74.4 Å². The van der Waals surface area contributed by atoms with Crippen LogP contribution in [0.4, 0.5) is 0 Å². The Bertz CT molecular complexity index is 4230. The Balaban J connectivity index is 0.727. The third kappa shape index (κ3) is 12.3. The molecule has 0 heterocycles. The lowest BCUT2D eigenvalue weighted by molar-refractivity contribution is 0.459. The van der Waals surface area contributed by atoms with E-state index in [1.54, 1.807) is 164 Å². The van der Waals surface area contributed by atoms with Gasteiger partial charge in [0, 0.05) is 17.2 Å². The van der Waals surface area contributed by atoms with Crippen molar-refractivity contribution in [2.75, 3.05) is 0 Å². The van der Waals surface area contributed by atoms with Crippen LogP contribution in [-0.2, 0) is 29.5 Å². The minimum Gasteiger partial charge on any atom is -0.457 e. The zero-order valence-electron chi connectivity index (χ0n) is 41.4. The monoisotopic (exact) mass is 1100 g/mol. The molecule has 0 saturated carbocycles. The highest BCUT2D eigenvalue weighted by Gasteiger charge is 2.24. The van der Waals surface area contributed by atoms with Crippen LogP contribution in [0.15, 0.2) is 272 Å².